The summed E-state index contributed by atoms with van der Waals surface area (Å²) in [5.41, 5.74) is -0.325. The third-order valence-corrected chi connectivity index (χ3v) is 3.20. The summed E-state index contributed by atoms with van der Waals surface area (Å²) in [4.78, 5) is 11.0. The molecule has 0 unspecified atom stereocenters. The lowest BCUT2D eigenvalue weighted by molar-refractivity contribution is -0.155. The minimum atomic E-state index is -0.567. The molecule has 0 heterocycles. The van der Waals surface area contributed by atoms with Gasteiger partial charge in [-0.2, -0.15) is 0 Å². The monoisotopic (exact) mass is 184 g/mol. The van der Waals surface area contributed by atoms with Gasteiger partial charge in [0.2, 0.25) is 0 Å². The molecule has 2 nitrogen and oxygen atoms in total. The zero-order chi connectivity index (χ0) is 9.90. The molecule has 0 aromatic rings. The normalized spacial score (nSPS) is 19.9. The molecule has 1 saturated carbocycles. The van der Waals surface area contributed by atoms with E-state index in [4.69, 9.17) is 5.11 Å². The van der Waals surface area contributed by atoms with Crippen LogP contribution in [0.25, 0.3) is 0 Å². The van der Waals surface area contributed by atoms with Crippen molar-refractivity contribution in [3.63, 3.8) is 0 Å². The molecule has 1 aliphatic carbocycles. The van der Waals surface area contributed by atoms with Crippen molar-refractivity contribution in [1.82, 2.24) is 0 Å². The summed E-state index contributed by atoms with van der Waals surface area (Å²) in [6, 6.07) is 0. The summed E-state index contributed by atoms with van der Waals surface area (Å²) in [7, 11) is 0. The molecule has 0 atom stereocenters. The van der Waals surface area contributed by atoms with Crippen LogP contribution in [-0.4, -0.2) is 11.1 Å². The molecule has 1 N–H and O–H groups in total. The van der Waals surface area contributed by atoms with E-state index in [0.29, 0.717) is 5.92 Å². The number of rotatable bonds is 5. The first-order valence-electron chi connectivity index (χ1n) is 5.30. The SMILES string of the molecule is CC(C)CCCC1(C(=O)O)CCC1. The molecule has 13 heavy (non-hydrogen) atoms. The van der Waals surface area contributed by atoms with E-state index in [-0.39, 0.29) is 5.41 Å². The third-order valence-electron chi connectivity index (χ3n) is 3.20. The number of hydrogen-bond donors (Lipinski definition) is 1. The van der Waals surface area contributed by atoms with Gasteiger partial charge >= 0.3 is 5.97 Å². The van der Waals surface area contributed by atoms with Gasteiger partial charge in [0.1, 0.15) is 0 Å². The molecule has 1 fully saturated rings. The Kier molecular flexibility index (Phi) is 3.34. The second-order valence-electron chi connectivity index (χ2n) is 4.73. The van der Waals surface area contributed by atoms with E-state index >= 15 is 0 Å². The highest BCUT2D eigenvalue weighted by atomic mass is 16.4. The molecule has 0 aromatic heterocycles. The number of aliphatic carboxylic acids is 1. The van der Waals surface area contributed by atoms with Crippen LogP contribution < -0.4 is 0 Å². The first kappa shape index (κ1) is 10.6. The van der Waals surface area contributed by atoms with E-state index in [2.05, 4.69) is 13.8 Å². The van der Waals surface area contributed by atoms with Gasteiger partial charge in [-0.05, 0) is 25.2 Å². The van der Waals surface area contributed by atoms with E-state index in [1.165, 1.54) is 0 Å². The predicted molar refractivity (Wildman–Crippen MR) is 52.6 cm³/mol. The van der Waals surface area contributed by atoms with Crippen molar-refractivity contribution in [3.8, 4) is 0 Å². The summed E-state index contributed by atoms with van der Waals surface area (Å²) in [5.74, 6) is 0.133. The van der Waals surface area contributed by atoms with Crippen LogP contribution >= 0.6 is 0 Å². The van der Waals surface area contributed by atoms with E-state index in [1.54, 1.807) is 0 Å². The van der Waals surface area contributed by atoms with Gasteiger partial charge in [0.25, 0.3) is 0 Å². The lowest BCUT2D eigenvalue weighted by Gasteiger charge is -2.37. The third kappa shape index (κ3) is 2.45. The molecule has 0 aromatic carbocycles. The van der Waals surface area contributed by atoms with Gasteiger partial charge < -0.3 is 5.11 Å². The van der Waals surface area contributed by atoms with Gasteiger partial charge in [0, 0.05) is 0 Å². The van der Waals surface area contributed by atoms with E-state index < -0.39 is 5.97 Å². The zero-order valence-electron chi connectivity index (χ0n) is 8.68. The molecule has 2 heteroatoms. The maximum absolute atomic E-state index is 11.0. The Hall–Kier alpha value is -0.530. The van der Waals surface area contributed by atoms with Crippen LogP contribution in [0.3, 0.4) is 0 Å². The average molecular weight is 184 g/mol. The Morgan fingerprint density at radius 2 is 2.08 bits per heavy atom. The van der Waals surface area contributed by atoms with Crippen LogP contribution in [0.15, 0.2) is 0 Å². The zero-order valence-corrected chi connectivity index (χ0v) is 8.68. The van der Waals surface area contributed by atoms with Gasteiger partial charge in [-0.15, -0.1) is 0 Å². The number of carboxylic acid groups (broad SMARTS) is 1. The highest BCUT2D eigenvalue weighted by Gasteiger charge is 2.43. The fourth-order valence-electron chi connectivity index (χ4n) is 2.02. The van der Waals surface area contributed by atoms with E-state index in [9.17, 15) is 4.79 Å². The van der Waals surface area contributed by atoms with Crippen LogP contribution in [-0.2, 0) is 4.79 Å². The minimum absolute atomic E-state index is 0.325. The fraction of sp³-hybridized carbons (Fsp3) is 0.909. The summed E-state index contributed by atoms with van der Waals surface area (Å²) in [6.07, 6.45) is 6.04. The van der Waals surface area contributed by atoms with Gasteiger partial charge in [0.15, 0.2) is 0 Å². The number of carboxylic acids is 1. The largest absolute Gasteiger partial charge is 0.481 e. The molecule has 76 valence electrons. The van der Waals surface area contributed by atoms with Gasteiger partial charge in [-0.3, -0.25) is 4.79 Å². The smallest absolute Gasteiger partial charge is 0.309 e. The average Bonchev–Trinajstić information content (AvgIpc) is 1.93. The lowest BCUT2D eigenvalue weighted by Crippen LogP contribution is -2.37. The Balaban J connectivity index is 2.28. The van der Waals surface area contributed by atoms with Gasteiger partial charge in [-0.25, -0.2) is 0 Å². The quantitative estimate of drug-likeness (QED) is 0.713. The minimum Gasteiger partial charge on any atom is -0.481 e. The maximum atomic E-state index is 11.0. The van der Waals surface area contributed by atoms with Crippen LogP contribution in [0.5, 0.6) is 0 Å². The van der Waals surface area contributed by atoms with Crippen molar-refractivity contribution in [3.05, 3.63) is 0 Å². The van der Waals surface area contributed by atoms with E-state index in [1.807, 2.05) is 0 Å². The first-order valence-corrected chi connectivity index (χ1v) is 5.30. The Morgan fingerprint density at radius 1 is 1.46 bits per heavy atom. The Morgan fingerprint density at radius 3 is 2.38 bits per heavy atom. The Labute approximate surface area is 80.3 Å². The molecule has 0 saturated heterocycles. The molecule has 1 aliphatic rings. The van der Waals surface area contributed by atoms with Crippen LogP contribution in [0.2, 0.25) is 0 Å². The molecule has 0 spiro atoms. The highest BCUT2D eigenvalue weighted by Crippen LogP contribution is 2.45. The topological polar surface area (TPSA) is 37.3 Å². The van der Waals surface area contributed by atoms with E-state index in [0.717, 1.165) is 38.5 Å². The molecule has 0 bridgehead atoms. The lowest BCUT2D eigenvalue weighted by atomic mass is 9.66. The maximum Gasteiger partial charge on any atom is 0.309 e. The van der Waals surface area contributed by atoms with Crippen molar-refractivity contribution in [2.45, 2.75) is 52.4 Å². The molecular formula is C11H20O2. The number of carbonyl (C=O) groups is 1. The Bertz CT molecular complexity index is 181. The standard InChI is InChI=1S/C11H20O2/c1-9(2)5-3-6-11(10(12)13)7-4-8-11/h9H,3-8H2,1-2H3,(H,12,13). The second kappa shape index (κ2) is 4.12. The molecular weight excluding hydrogens is 164 g/mol. The molecule has 0 amide bonds. The van der Waals surface area contributed by atoms with Crippen molar-refractivity contribution in [2.24, 2.45) is 11.3 Å². The fourth-order valence-corrected chi connectivity index (χ4v) is 2.02. The summed E-state index contributed by atoms with van der Waals surface area (Å²) < 4.78 is 0. The summed E-state index contributed by atoms with van der Waals surface area (Å²) >= 11 is 0. The highest BCUT2D eigenvalue weighted by molar-refractivity contribution is 5.75. The van der Waals surface area contributed by atoms with Crippen molar-refractivity contribution >= 4 is 5.97 Å². The van der Waals surface area contributed by atoms with Crippen LogP contribution in [0.1, 0.15) is 52.4 Å². The first-order chi connectivity index (χ1) is 6.07. The molecule has 0 radical (unpaired) electrons. The summed E-state index contributed by atoms with van der Waals surface area (Å²) in [6.45, 7) is 4.38. The number of hydrogen-bond acceptors (Lipinski definition) is 1. The van der Waals surface area contributed by atoms with Crippen LogP contribution in [0, 0.1) is 11.3 Å². The van der Waals surface area contributed by atoms with Gasteiger partial charge in [-0.1, -0.05) is 33.1 Å². The van der Waals surface area contributed by atoms with Crippen molar-refractivity contribution in [2.75, 3.05) is 0 Å². The van der Waals surface area contributed by atoms with Gasteiger partial charge in [0.05, 0.1) is 5.41 Å². The van der Waals surface area contributed by atoms with Crippen molar-refractivity contribution in [1.29, 1.82) is 0 Å². The molecule has 1 rings (SSSR count). The second-order valence-corrected chi connectivity index (χ2v) is 4.73. The van der Waals surface area contributed by atoms with Crippen LogP contribution in [0.4, 0.5) is 0 Å². The predicted octanol–water partition coefficient (Wildman–Crippen LogP) is 3.07. The summed E-state index contributed by atoms with van der Waals surface area (Å²) in [5, 5.41) is 9.05. The molecule has 0 aliphatic heterocycles. The van der Waals surface area contributed by atoms with Crippen molar-refractivity contribution < 1.29 is 9.90 Å².